The van der Waals surface area contributed by atoms with Crippen LogP contribution in [0.1, 0.15) is 57.5 Å². The van der Waals surface area contributed by atoms with Crippen LogP contribution in [0.5, 0.6) is 0 Å². The van der Waals surface area contributed by atoms with Gasteiger partial charge in [0.25, 0.3) is 0 Å². The highest BCUT2D eigenvalue weighted by molar-refractivity contribution is 6.18. The predicted octanol–water partition coefficient (Wildman–Crippen LogP) is 3.45. The number of carbonyl (C=O) groups excluding carboxylic acids is 2. The van der Waals surface area contributed by atoms with Gasteiger partial charge in [0.2, 0.25) is 0 Å². The average molecular weight is 348 g/mol. The minimum atomic E-state index is -1.17. The number of esters is 2. The zero-order chi connectivity index (χ0) is 19.4. The fraction of sp³-hybridized carbons (Fsp3) is 0.421. The van der Waals surface area contributed by atoms with E-state index >= 15 is 0 Å². The van der Waals surface area contributed by atoms with Gasteiger partial charge in [0.15, 0.2) is 0 Å². The van der Waals surface area contributed by atoms with E-state index in [0.29, 0.717) is 0 Å². The van der Waals surface area contributed by atoms with Crippen molar-refractivity contribution in [2.45, 2.75) is 52.7 Å². The van der Waals surface area contributed by atoms with E-state index in [2.05, 4.69) is 0 Å². The van der Waals surface area contributed by atoms with Gasteiger partial charge in [-0.15, -0.1) is 0 Å². The minimum absolute atomic E-state index is 0.0351. The maximum atomic E-state index is 12.4. The summed E-state index contributed by atoms with van der Waals surface area (Å²) < 4.78 is 10.5. The summed E-state index contributed by atoms with van der Waals surface area (Å²) in [4.78, 5) is 36.2. The van der Waals surface area contributed by atoms with Crippen molar-refractivity contribution < 1.29 is 29.0 Å². The molecular formula is C19H24O6. The quantitative estimate of drug-likeness (QED) is 0.388. The summed E-state index contributed by atoms with van der Waals surface area (Å²) in [5.74, 6) is -2.91. The first-order valence-corrected chi connectivity index (χ1v) is 7.81. The van der Waals surface area contributed by atoms with Gasteiger partial charge in [-0.2, -0.15) is 0 Å². The smallest absolute Gasteiger partial charge is 0.346 e. The second-order valence-corrected chi connectivity index (χ2v) is 7.45. The highest BCUT2D eigenvalue weighted by atomic mass is 16.6. The molecule has 1 aromatic rings. The summed E-state index contributed by atoms with van der Waals surface area (Å²) in [6.45, 7) is 10.0. The van der Waals surface area contributed by atoms with Gasteiger partial charge in [0.1, 0.15) is 16.8 Å². The van der Waals surface area contributed by atoms with Crippen molar-refractivity contribution >= 4 is 24.0 Å². The van der Waals surface area contributed by atoms with E-state index in [1.807, 2.05) is 0 Å². The zero-order valence-corrected chi connectivity index (χ0v) is 15.4. The van der Waals surface area contributed by atoms with E-state index < -0.39 is 29.1 Å². The molecule has 0 aliphatic carbocycles. The van der Waals surface area contributed by atoms with Crippen LogP contribution in [0.15, 0.2) is 29.8 Å². The molecule has 1 rings (SSSR count). The molecule has 0 heterocycles. The fourth-order valence-corrected chi connectivity index (χ4v) is 1.84. The van der Waals surface area contributed by atoms with Gasteiger partial charge in [-0.25, -0.2) is 14.4 Å². The van der Waals surface area contributed by atoms with Gasteiger partial charge in [-0.3, -0.25) is 0 Å². The molecule has 0 aromatic heterocycles. The number of ether oxygens (including phenoxy) is 2. The molecule has 0 aliphatic heterocycles. The second-order valence-electron chi connectivity index (χ2n) is 7.45. The van der Waals surface area contributed by atoms with Crippen LogP contribution in [-0.2, 0) is 19.1 Å². The summed E-state index contributed by atoms with van der Waals surface area (Å²) in [5.41, 5.74) is -1.82. The van der Waals surface area contributed by atoms with Crippen molar-refractivity contribution in [1.82, 2.24) is 0 Å². The van der Waals surface area contributed by atoms with Crippen molar-refractivity contribution in [3.05, 3.63) is 41.0 Å². The zero-order valence-electron chi connectivity index (χ0n) is 15.4. The van der Waals surface area contributed by atoms with E-state index in [4.69, 9.17) is 9.47 Å². The lowest BCUT2D eigenvalue weighted by molar-refractivity contribution is -0.158. The summed E-state index contributed by atoms with van der Waals surface area (Å²) >= 11 is 0. The number of benzene rings is 1. The Morgan fingerprint density at radius 3 is 1.72 bits per heavy atom. The maximum absolute atomic E-state index is 12.4. The monoisotopic (exact) mass is 348 g/mol. The number of aromatic carboxylic acids is 1. The first-order chi connectivity index (χ1) is 11.3. The lowest BCUT2D eigenvalue weighted by Crippen LogP contribution is -2.31. The van der Waals surface area contributed by atoms with Crippen LogP contribution in [0, 0.1) is 0 Å². The Kier molecular flexibility index (Phi) is 6.13. The van der Waals surface area contributed by atoms with E-state index in [-0.39, 0.29) is 16.7 Å². The molecule has 0 aliphatic rings. The first kappa shape index (κ1) is 20.4. The van der Waals surface area contributed by atoms with E-state index in [1.165, 1.54) is 18.2 Å². The molecule has 0 atom stereocenters. The Bertz CT molecular complexity index is 671. The van der Waals surface area contributed by atoms with Crippen molar-refractivity contribution in [1.29, 1.82) is 0 Å². The Labute approximate surface area is 147 Å². The molecule has 1 aromatic carbocycles. The van der Waals surface area contributed by atoms with Gasteiger partial charge in [-0.1, -0.05) is 18.2 Å². The topological polar surface area (TPSA) is 89.9 Å². The maximum Gasteiger partial charge on any atom is 0.346 e. The summed E-state index contributed by atoms with van der Waals surface area (Å²) in [6.07, 6.45) is 1.19. The number of carboxylic acid groups (broad SMARTS) is 1. The molecule has 0 radical (unpaired) electrons. The highest BCUT2D eigenvalue weighted by Crippen LogP contribution is 2.20. The van der Waals surface area contributed by atoms with Crippen molar-refractivity contribution in [2.75, 3.05) is 0 Å². The predicted molar refractivity (Wildman–Crippen MR) is 93.1 cm³/mol. The Hall–Kier alpha value is -2.63. The number of hydrogen-bond donors (Lipinski definition) is 1. The second kappa shape index (κ2) is 7.51. The number of hydrogen-bond acceptors (Lipinski definition) is 5. The summed E-state index contributed by atoms with van der Waals surface area (Å²) in [6, 6.07) is 6.05. The molecule has 0 saturated heterocycles. The van der Waals surface area contributed by atoms with Crippen molar-refractivity contribution in [2.24, 2.45) is 0 Å². The molecule has 6 heteroatoms. The van der Waals surface area contributed by atoms with Crippen LogP contribution in [0.3, 0.4) is 0 Å². The highest BCUT2D eigenvalue weighted by Gasteiger charge is 2.29. The molecular weight excluding hydrogens is 324 g/mol. The molecule has 0 amide bonds. The van der Waals surface area contributed by atoms with Gasteiger partial charge >= 0.3 is 17.9 Å². The summed E-state index contributed by atoms with van der Waals surface area (Å²) in [7, 11) is 0. The van der Waals surface area contributed by atoms with Crippen molar-refractivity contribution in [3.63, 3.8) is 0 Å². The Balaban J connectivity index is 3.38. The lowest BCUT2D eigenvalue weighted by Gasteiger charge is -2.23. The van der Waals surface area contributed by atoms with Crippen LogP contribution >= 0.6 is 0 Å². The number of rotatable bonds is 4. The lowest BCUT2D eigenvalue weighted by atomic mass is 10.0. The number of carbonyl (C=O) groups is 3. The van der Waals surface area contributed by atoms with E-state index in [1.54, 1.807) is 53.7 Å². The molecule has 136 valence electrons. The van der Waals surface area contributed by atoms with Crippen LogP contribution in [-0.4, -0.2) is 34.2 Å². The third-order valence-corrected chi connectivity index (χ3v) is 2.73. The molecule has 0 unspecified atom stereocenters. The molecule has 6 nitrogen and oxygen atoms in total. The molecule has 0 bridgehead atoms. The van der Waals surface area contributed by atoms with Crippen LogP contribution in [0.25, 0.3) is 6.08 Å². The largest absolute Gasteiger partial charge is 0.478 e. The minimum Gasteiger partial charge on any atom is -0.478 e. The fourth-order valence-electron chi connectivity index (χ4n) is 1.84. The van der Waals surface area contributed by atoms with Gasteiger partial charge < -0.3 is 14.6 Å². The third-order valence-electron chi connectivity index (χ3n) is 2.73. The van der Waals surface area contributed by atoms with E-state index in [9.17, 15) is 19.5 Å². The summed E-state index contributed by atoms with van der Waals surface area (Å²) in [5, 5.41) is 9.27. The van der Waals surface area contributed by atoms with E-state index in [0.717, 1.165) is 0 Å². The normalized spacial score (nSPS) is 11.4. The molecule has 0 saturated carbocycles. The molecule has 0 fully saturated rings. The van der Waals surface area contributed by atoms with Crippen molar-refractivity contribution in [3.8, 4) is 0 Å². The standard InChI is InChI=1S/C19H24O6/c1-18(2,3)24-16(22)14(17(23)25-19(4,5)6)11-12-9-7-8-10-13(12)15(20)21/h7-11H,1-6H3,(H,20,21). The Morgan fingerprint density at radius 1 is 0.880 bits per heavy atom. The SMILES string of the molecule is CC(C)(C)OC(=O)C(=Cc1ccccc1C(=O)O)C(=O)OC(C)(C)C. The van der Waals surface area contributed by atoms with Gasteiger partial charge in [-0.05, 0) is 59.2 Å². The number of carboxylic acids is 1. The molecule has 25 heavy (non-hydrogen) atoms. The van der Waals surface area contributed by atoms with Gasteiger partial charge in [0.05, 0.1) is 5.56 Å². The molecule has 0 spiro atoms. The average Bonchev–Trinajstić information content (AvgIpc) is 2.40. The van der Waals surface area contributed by atoms with Gasteiger partial charge in [0, 0.05) is 0 Å². The first-order valence-electron chi connectivity index (χ1n) is 7.81. The Morgan fingerprint density at radius 2 is 1.32 bits per heavy atom. The van der Waals surface area contributed by atoms with Crippen LogP contribution < -0.4 is 0 Å². The third kappa shape index (κ3) is 6.79. The molecule has 1 N–H and O–H groups in total. The van der Waals surface area contributed by atoms with Crippen LogP contribution in [0.2, 0.25) is 0 Å². The van der Waals surface area contributed by atoms with Crippen LogP contribution in [0.4, 0.5) is 0 Å².